The number of hydrogen-bond donors (Lipinski definition) is 1. The van der Waals surface area contributed by atoms with Crippen LogP contribution in [0.2, 0.25) is 0 Å². The number of nitrogens with one attached hydrogen (secondary N) is 1. The number of nitrogens with zero attached hydrogens (tertiary/aromatic N) is 1. The molecule has 0 amide bonds. The van der Waals surface area contributed by atoms with Gasteiger partial charge < -0.3 is 14.5 Å². The van der Waals surface area contributed by atoms with E-state index in [2.05, 4.69) is 4.98 Å². The molecular formula is C25H24N2O4. The number of benzene rings is 3. The first kappa shape index (κ1) is 20.5. The minimum atomic E-state index is -0.409. The molecule has 0 aliphatic rings. The summed E-state index contributed by atoms with van der Waals surface area (Å²) in [7, 11) is 0. The molecule has 0 saturated heterocycles. The van der Waals surface area contributed by atoms with E-state index in [0.29, 0.717) is 24.7 Å². The SMILES string of the molecule is CCOc1cc([C@H](C[N+](=O)[O-])c2c[nH]c3ccccc23)ccc1OCc1ccccc1. The lowest BCUT2D eigenvalue weighted by molar-refractivity contribution is -0.481. The maximum Gasteiger partial charge on any atom is 0.214 e. The molecule has 0 aliphatic carbocycles. The number of H-pyrrole nitrogens is 1. The van der Waals surface area contributed by atoms with E-state index in [4.69, 9.17) is 9.47 Å². The third kappa shape index (κ3) is 4.69. The number of rotatable bonds is 9. The van der Waals surface area contributed by atoms with Crippen molar-refractivity contribution in [2.45, 2.75) is 19.4 Å². The first-order chi connectivity index (χ1) is 15.2. The van der Waals surface area contributed by atoms with E-state index in [-0.39, 0.29) is 11.5 Å². The van der Waals surface area contributed by atoms with E-state index in [1.807, 2.05) is 85.9 Å². The van der Waals surface area contributed by atoms with E-state index in [0.717, 1.165) is 27.6 Å². The van der Waals surface area contributed by atoms with Crippen molar-refractivity contribution in [3.63, 3.8) is 0 Å². The molecule has 1 N–H and O–H groups in total. The van der Waals surface area contributed by atoms with Gasteiger partial charge in [-0.25, -0.2) is 0 Å². The van der Waals surface area contributed by atoms with Crippen LogP contribution in [0, 0.1) is 10.1 Å². The van der Waals surface area contributed by atoms with Crippen LogP contribution in [0.5, 0.6) is 11.5 Å². The summed E-state index contributed by atoms with van der Waals surface area (Å²) in [5.74, 6) is 0.797. The van der Waals surface area contributed by atoms with E-state index in [1.165, 1.54) is 0 Å². The number of aromatic amines is 1. The monoisotopic (exact) mass is 416 g/mol. The number of hydrogen-bond acceptors (Lipinski definition) is 4. The Hall–Kier alpha value is -3.80. The molecule has 0 bridgehead atoms. The second-order valence-electron chi connectivity index (χ2n) is 7.27. The predicted molar refractivity (Wildman–Crippen MR) is 120 cm³/mol. The first-order valence-corrected chi connectivity index (χ1v) is 10.3. The Labute approximate surface area is 180 Å². The second kappa shape index (κ2) is 9.34. The number of para-hydroxylation sites is 1. The first-order valence-electron chi connectivity index (χ1n) is 10.3. The van der Waals surface area contributed by atoms with Gasteiger partial charge in [0.2, 0.25) is 6.54 Å². The van der Waals surface area contributed by atoms with Crippen molar-refractivity contribution in [2.24, 2.45) is 0 Å². The molecule has 0 saturated carbocycles. The molecule has 0 radical (unpaired) electrons. The van der Waals surface area contributed by atoms with Crippen molar-refractivity contribution in [3.8, 4) is 11.5 Å². The summed E-state index contributed by atoms with van der Waals surface area (Å²) in [6.45, 7) is 2.58. The Morgan fingerprint density at radius 2 is 1.74 bits per heavy atom. The zero-order valence-electron chi connectivity index (χ0n) is 17.3. The minimum Gasteiger partial charge on any atom is -0.490 e. The summed E-state index contributed by atoms with van der Waals surface area (Å²) in [4.78, 5) is 14.4. The van der Waals surface area contributed by atoms with Gasteiger partial charge in [-0.3, -0.25) is 10.1 Å². The van der Waals surface area contributed by atoms with Gasteiger partial charge in [0, 0.05) is 22.0 Å². The van der Waals surface area contributed by atoms with Crippen LogP contribution < -0.4 is 9.47 Å². The maximum atomic E-state index is 11.5. The third-order valence-corrected chi connectivity index (χ3v) is 5.24. The zero-order valence-corrected chi connectivity index (χ0v) is 17.3. The van der Waals surface area contributed by atoms with Crippen LogP contribution in [0.4, 0.5) is 0 Å². The van der Waals surface area contributed by atoms with Gasteiger partial charge in [0.05, 0.1) is 12.5 Å². The fourth-order valence-electron chi connectivity index (χ4n) is 3.78. The van der Waals surface area contributed by atoms with Crippen LogP contribution in [0.3, 0.4) is 0 Å². The molecule has 0 unspecified atom stereocenters. The van der Waals surface area contributed by atoms with Crippen LogP contribution in [-0.2, 0) is 6.61 Å². The van der Waals surface area contributed by atoms with Crippen LogP contribution in [-0.4, -0.2) is 23.1 Å². The van der Waals surface area contributed by atoms with Gasteiger partial charge in [0.15, 0.2) is 11.5 Å². The van der Waals surface area contributed by atoms with Crippen molar-refractivity contribution >= 4 is 10.9 Å². The number of nitro groups is 1. The highest BCUT2D eigenvalue weighted by Crippen LogP contribution is 2.36. The van der Waals surface area contributed by atoms with Gasteiger partial charge >= 0.3 is 0 Å². The molecular weight excluding hydrogens is 392 g/mol. The van der Waals surface area contributed by atoms with Crippen molar-refractivity contribution in [1.82, 2.24) is 4.98 Å². The van der Waals surface area contributed by atoms with E-state index < -0.39 is 5.92 Å². The average Bonchev–Trinajstić information content (AvgIpc) is 3.21. The lowest BCUT2D eigenvalue weighted by Gasteiger charge is -2.17. The van der Waals surface area contributed by atoms with Gasteiger partial charge in [-0.15, -0.1) is 0 Å². The molecule has 1 heterocycles. The van der Waals surface area contributed by atoms with E-state index in [1.54, 1.807) is 0 Å². The molecule has 6 heteroatoms. The van der Waals surface area contributed by atoms with Crippen molar-refractivity contribution in [1.29, 1.82) is 0 Å². The number of fused-ring (bicyclic) bond motifs is 1. The maximum absolute atomic E-state index is 11.5. The van der Waals surface area contributed by atoms with Crippen LogP contribution >= 0.6 is 0 Å². The quantitative estimate of drug-likeness (QED) is 0.286. The molecule has 6 nitrogen and oxygen atoms in total. The molecule has 0 aliphatic heterocycles. The smallest absolute Gasteiger partial charge is 0.214 e. The van der Waals surface area contributed by atoms with Crippen LogP contribution in [0.1, 0.15) is 29.5 Å². The number of aromatic nitrogens is 1. The highest BCUT2D eigenvalue weighted by Gasteiger charge is 2.24. The minimum absolute atomic E-state index is 0.211. The second-order valence-corrected chi connectivity index (χ2v) is 7.27. The zero-order chi connectivity index (χ0) is 21.6. The molecule has 31 heavy (non-hydrogen) atoms. The van der Waals surface area contributed by atoms with Crippen LogP contribution in [0.15, 0.2) is 79.0 Å². The highest BCUT2D eigenvalue weighted by atomic mass is 16.6. The Bertz CT molecular complexity index is 1170. The number of ether oxygens (including phenoxy) is 2. The van der Waals surface area contributed by atoms with Gasteiger partial charge in [-0.1, -0.05) is 54.6 Å². The summed E-state index contributed by atoms with van der Waals surface area (Å²) < 4.78 is 11.8. The van der Waals surface area contributed by atoms with Gasteiger partial charge in [0.25, 0.3) is 0 Å². The Balaban J connectivity index is 1.68. The Kier molecular flexibility index (Phi) is 6.17. The third-order valence-electron chi connectivity index (χ3n) is 5.24. The van der Waals surface area contributed by atoms with Crippen molar-refractivity contribution < 1.29 is 14.4 Å². The topological polar surface area (TPSA) is 77.4 Å². The predicted octanol–water partition coefficient (Wildman–Crippen LogP) is 5.55. The summed E-state index contributed by atoms with van der Waals surface area (Å²) in [5.41, 5.74) is 3.72. The lowest BCUT2D eigenvalue weighted by Crippen LogP contribution is -2.14. The molecule has 158 valence electrons. The molecule has 1 atom stereocenters. The fraction of sp³-hybridized carbons (Fsp3) is 0.200. The lowest BCUT2D eigenvalue weighted by atomic mass is 9.90. The average molecular weight is 416 g/mol. The van der Waals surface area contributed by atoms with Crippen LogP contribution in [0.25, 0.3) is 10.9 Å². The van der Waals surface area contributed by atoms with E-state index in [9.17, 15) is 10.1 Å². The Morgan fingerprint density at radius 3 is 2.52 bits per heavy atom. The van der Waals surface area contributed by atoms with Gasteiger partial charge in [-0.2, -0.15) is 0 Å². The fourth-order valence-corrected chi connectivity index (χ4v) is 3.78. The summed E-state index contributed by atoms with van der Waals surface area (Å²) >= 11 is 0. The molecule has 0 spiro atoms. The Morgan fingerprint density at radius 1 is 0.968 bits per heavy atom. The summed E-state index contributed by atoms with van der Waals surface area (Å²) in [6.07, 6.45) is 1.86. The molecule has 3 aromatic carbocycles. The normalized spacial score (nSPS) is 11.9. The standard InChI is InChI=1S/C25H24N2O4/c1-2-30-25-14-19(12-13-24(25)31-17-18-8-4-3-5-9-18)22(16-27(28)29)21-15-26-23-11-7-6-10-20(21)23/h3-15,22,26H,2,16-17H2,1H3/t22-/m0/s1. The largest absolute Gasteiger partial charge is 0.490 e. The molecule has 4 aromatic rings. The van der Waals surface area contributed by atoms with Crippen molar-refractivity contribution in [2.75, 3.05) is 13.2 Å². The van der Waals surface area contributed by atoms with E-state index >= 15 is 0 Å². The molecule has 0 fully saturated rings. The molecule has 4 rings (SSSR count). The summed E-state index contributed by atoms with van der Waals surface area (Å²) in [5, 5.41) is 12.5. The van der Waals surface area contributed by atoms with Gasteiger partial charge in [0.1, 0.15) is 6.61 Å². The molecule has 1 aromatic heterocycles. The van der Waals surface area contributed by atoms with Gasteiger partial charge in [-0.05, 0) is 41.8 Å². The summed E-state index contributed by atoms with van der Waals surface area (Å²) in [6, 6.07) is 23.3. The van der Waals surface area contributed by atoms with Crippen molar-refractivity contribution in [3.05, 3.63) is 106 Å². The highest BCUT2D eigenvalue weighted by molar-refractivity contribution is 5.84.